The molecule has 0 radical (unpaired) electrons. The van der Waals surface area contributed by atoms with Crippen LogP contribution in [0.2, 0.25) is 0 Å². The van der Waals surface area contributed by atoms with Crippen LogP contribution in [0.25, 0.3) is 11.2 Å². The van der Waals surface area contributed by atoms with E-state index in [0.717, 1.165) is 5.65 Å². The number of aryl methyl sites for hydroxylation is 1. The molecule has 0 bridgehead atoms. The molecule has 2 heterocycles. The summed E-state index contributed by atoms with van der Waals surface area (Å²) < 4.78 is 1.79. The minimum atomic E-state index is -0.280. The van der Waals surface area contributed by atoms with Crippen molar-refractivity contribution < 1.29 is 9.59 Å². The Morgan fingerprint density at radius 1 is 1.04 bits per heavy atom. The van der Waals surface area contributed by atoms with E-state index in [2.05, 4.69) is 20.6 Å². The third-order valence-electron chi connectivity index (χ3n) is 3.45. The van der Waals surface area contributed by atoms with Crippen molar-refractivity contribution in [3.05, 3.63) is 54.0 Å². The van der Waals surface area contributed by atoms with E-state index in [1.54, 1.807) is 48.3 Å². The monoisotopic (exact) mass is 309 g/mol. The van der Waals surface area contributed by atoms with Gasteiger partial charge in [0.1, 0.15) is 5.52 Å². The Balaban J connectivity index is 1.78. The molecule has 7 nitrogen and oxygen atoms in total. The Kier molecular flexibility index (Phi) is 3.76. The lowest BCUT2D eigenvalue weighted by atomic mass is 10.2. The lowest BCUT2D eigenvalue weighted by molar-refractivity contribution is 0.0962. The first-order valence-electron chi connectivity index (χ1n) is 6.99. The molecule has 1 aromatic carbocycles. The van der Waals surface area contributed by atoms with Gasteiger partial charge in [0.15, 0.2) is 5.65 Å². The highest BCUT2D eigenvalue weighted by Gasteiger charge is 2.10. The third-order valence-corrected chi connectivity index (χ3v) is 3.45. The molecule has 0 saturated heterocycles. The number of amides is 2. The number of carbonyl (C=O) groups excluding carboxylic acids is 2. The van der Waals surface area contributed by atoms with Gasteiger partial charge in [0, 0.05) is 31.5 Å². The summed E-state index contributed by atoms with van der Waals surface area (Å²) in [5.41, 5.74) is 2.93. The summed E-state index contributed by atoms with van der Waals surface area (Å²) in [4.78, 5) is 32.2. The maximum absolute atomic E-state index is 12.3. The number of carbonyl (C=O) groups is 2. The van der Waals surface area contributed by atoms with Crippen LogP contribution in [0, 0.1) is 0 Å². The SMILES string of the molecule is CNC(=O)c1ccc(NC(=O)c2cnc3c(c2)ncn3C)cc1. The predicted molar refractivity (Wildman–Crippen MR) is 86.3 cm³/mol. The standard InChI is InChI=1S/C16H15N5O2/c1-17-15(22)10-3-5-12(6-4-10)20-16(23)11-7-13-14(18-8-11)21(2)9-19-13/h3-9H,1-2H3,(H,17,22)(H,20,23). The maximum Gasteiger partial charge on any atom is 0.257 e. The van der Waals surface area contributed by atoms with Crippen molar-refractivity contribution in [3.8, 4) is 0 Å². The smallest absolute Gasteiger partial charge is 0.257 e. The van der Waals surface area contributed by atoms with E-state index in [4.69, 9.17) is 0 Å². The molecule has 3 aromatic rings. The van der Waals surface area contributed by atoms with Gasteiger partial charge in [-0.25, -0.2) is 9.97 Å². The largest absolute Gasteiger partial charge is 0.355 e. The zero-order valence-corrected chi connectivity index (χ0v) is 12.7. The average molecular weight is 309 g/mol. The number of imidazole rings is 1. The fourth-order valence-corrected chi connectivity index (χ4v) is 2.19. The topological polar surface area (TPSA) is 88.9 Å². The normalized spacial score (nSPS) is 10.5. The minimum Gasteiger partial charge on any atom is -0.355 e. The van der Waals surface area contributed by atoms with Gasteiger partial charge in [0.25, 0.3) is 11.8 Å². The van der Waals surface area contributed by atoms with E-state index in [9.17, 15) is 9.59 Å². The van der Waals surface area contributed by atoms with Crippen molar-refractivity contribution in [2.24, 2.45) is 7.05 Å². The van der Waals surface area contributed by atoms with E-state index < -0.39 is 0 Å². The van der Waals surface area contributed by atoms with Crippen LogP contribution in [0.3, 0.4) is 0 Å². The average Bonchev–Trinajstić information content (AvgIpc) is 2.95. The van der Waals surface area contributed by atoms with Crippen LogP contribution in [-0.2, 0) is 7.05 Å². The lowest BCUT2D eigenvalue weighted by Crippen LogP contribution is -2.18. The molecule has 0 aliphatic carbocycles. The molecule has 116 valence electrons. The Labute approximate surface area is 132 Å². The van der Waals surface area contributed by atoms with Crippen molar-refractivity contribution >= 4 is 28.7 Å². The molecule has 2 N–H and O–H groups in total. The predicted octanol–water partition coefficient (Wildman–Crippen LogP) is 1.58. The number of nitrogens with one attached hydrogen (secondary N) is 2. The van der Waals surface area contributed by atoms with E-state index >= 15 is 0 Å². The molecule has 0 saturated carbocycles. The fourth-order valence-electron chi connectivity index (χ4n) is 2.19. The van der Waals surface area contributed by atoms with Crippen LogP contribution < -0.4 is 10.6 Å². The first-order valence-corrected chi connectivity index (χ1v) is 6.99. The quantitative estimate of drug-likeness (QED) is 0.769. The van der Waals surface area contributed by atoms with Crippen molar-refractivity contribution in [1.82, 2.24) is 19.9 Å². The first kappa shape index (κ1) is 14.7. The number of rotatable bonds is 3. The Hall–Kier alpha value is -3.22. The molecule has 2 amide bonds. The van der Waals surface area contributed by atoms with Gasteiger partial charge in [0.05, 0.1) is 11.9 Å². The number of hydrogen-bond acceptors (Lipinski definition) is 4. The third kappa shape index (κ3) is 2.89. The number of pyridine rings is 1. The molecule has 23 heavy (non-hydrogen) atoms. The fraction of sp³-hybridized carbons (Fsp3) is 0.125. The molecule has 0 spiro atoms. The van der Waals surface area contributed by atoms with Crippen LogP contribution in [0.1, 0.15) is 20.7 Å². The van der Waals surface area contributed by atoms with Crippen molar-refractivity contribution in [2.45, 2.75) is 0 Å². The van der Waals surface area contributed by atoms with E-state index in [1.165, 1.54) is 6.20 Å². The summed E-state index contributed by atoms with van der Waals surface area (Å²) in [6, 6.07) is 8.34. The van der Waals surface area contributed by atoms with Gasteiger partial charge in [-0.05, 0) is 30.3 Å². The highest BCUT2D eigenvalue weighted by atomic mass is 16.2. The molecule has 2 aromatic heterocycles. The number of anilines is 1. The second kappa shape index (κ2) is 5.88. The highest BCUT2D eigenvalue weighted by Crippen LogP contribution is 2.14. The van der Waals surface area contributed by atoms with Crippen molar-refractivity contribution in [2.75, 3.05) is 12.4 Å². The Bertz CT molecular complexity index is 883. The maximum atomic E-state index is 12.3. The molecule has 0 aliphatic heterocycles. The summed E-state index contributed by atoms with van der Waals surface area (Å²) in [5.74, 6) is -0.453. The summed E-state index contributed by atoms with van der Waals surface area (Å²) in [5, 5.41) is 5.31. The molecule has 0 atom stereocenters. The summed E-state index contributed by atoms with van der Waals surface area (Å²) >= 11 is 0. The molecule has 7 heteroatoms. The van der Waals surface area contributed by atoms with Crippen molar-refractivity contribution in [1.29, 1.82) is 0 Å². The number of hydrogen-bond donors (Lipinski definition) is 2. The molecule has 3 rings (SSSR count). The van der Waals surface area contributed by atoms with Gasteiger partial charge in [-0.1, -0.05) is 0 Å². The molecule has 0 fully saturated rings. The van der Waals surface area contributed by atoms with Crippen molar-refractivity contribution in [3.63, 3.8) is 0 Å². The molecular weight excluding hydrogens is 294 g/mol. The van der Waals surface area contributed by atoms with E-state index in [0.29, 0.717) is 22.3 Å². The lowest BCUT2D eigenvalue weighted by Gasteiger charge is -2.06. The zero-order chi connectivity index (χ0) is 16.4. The Morgan fingerprint density at radius 3 is 2.48 bits per heavy atom. The summed E-state index contributed by atoms with van der Waals surface area (Å²) in [6.45, 7) is 0. The van der Waals surface area contributed by atoms with Gasteiger partial charge < -0.3 is 15.2 Å². The summed E-state index contributed by atoms with van der Waals surface area (Å²) in [6.07, 6.45) is 3.16. The zero-order valence-electron chi connectivity index (χ0n) is 12.7. The number of aromatic nitrogens is 3. The van der Waals surface area contributed by atoms with Gasteiger partial charge >= 0.3 is 0 Å². The van der Waals surface area contributed by atoms with E-state index in [-0.39, 0.29) is 11.8 Å². The van der Waals surface area contributed by atoms with Crippen LogP contribution in [-0.4, -0.2) is 33.4 Å². The Morgan fingerprint density at radius 2 is 1.78 bits per heavy atom. The number of fused-ring (bicyclic) bond motifs is 1. The van der Waals surface area contributed by atoms with Gasteiger partial charge in [0.2, 0.25) is 0 Å². The second-order valence-corrected chi connectivity index (χ2v) is 5.03. The van der Waals surface area contributed by atoms with Crippen LogP contribution in [0.5, 0.6) is 0 Å². The molecular formula is C16H15N5O2. The second-order valence-electron chi connectivity index (χ2n) is 5.03. The van der Waals surface area contributed by atoms with E-state index in [1.807, 2.05) is 7.05 Å². The minimum absolute atomic E-state index is 0.173. The number of benzene rings is 1. The van der Waals surface area contributed by atoms with Gasteiger partial charge in [-0.2, -0.15) is 0 Å². The van der Waals surface area contributed by atoms with Gasteiger partial charge in [-0.3, -0.25) is 9.59 Å². The molecule has 0 unspecified atom stereocenters. The summed E-state index contributed by atoms with van der Waals surface area (Å²) in [7, 11) is 3.41. The van der Waals surface area contributed by atoms with Gasteiger partial charge in [-0.15, -0.1) is 0 Å². The molecule has 0 aliphatic rings. The van der Waals surface area contributed by atoms with Crippen LogP contribution >= 0.6 is 0 Å². The van der Waals surface area contributed by atoms with Crippen LogP contribution in [0.15, 0.2) is 42.9 Å². The van der Waals surface area contributed by atoms with Crippen LogP contribution in [0.4, 0.5) is 5.69 Å². The first-order chi connectivity index (χ1) is 11.1. The number of nitrogens with zero attached hydrogens (tertiary/aromatic N) is 3. The highest BCUT2D eigenvalue weighted by molar-refractivity contribution is 6.05.